The summed E-state index contributed by atoms with van der Waals surface area (Å²) in [5.74, 6) is -13.5. The summed E-state index contributed by atoms with van der Waals surface area (Å²) in [6, 6.07) is 0. The molecule has 0 aliphatic carbocycles. The van der Waals surface area contributed by atoms with Gasteiger partial charge in [-0.2, -0.15) is 44.2 Å². The Kier molecular flexibility index (Phi) is 8.60. The van der Waals surface area contributed by atoms with Gasteiger partial charge in [-0.15, -0.1) is 0 Å². The molecule has 0 atom stereocenters. The second-order valence-corrected chi connectivity index (χ2v) is 6.79. The summed E-state index contributed by atoms with van der Waals surface area (Å²) in [5.41, 5.74) is 0. The van der Waals surface area contributed by atoms with Crippen LogP contribution >= 0.6 is 11.9 Å². The molecule has 0 aliphatic rings. The van der Waals surface area contributed by atoms with E-state index in [0.29, 0.717) is 17.4 Å². The molecule has 3 nitrogen and oxygen atoms in total. The summed E-state index contributed by atoms with van der Waals surface area (Å²) in [6.07, 6.45) is -6.79. The standard InChI is InChI=1S/C13H22F9N2OS/c1-4-23(8-7-9-24(25,5-2)6-3)26-13(21,22)11(16,17)10(14,15)12(18,19)20/h25H,4-9H2,1-3H3/q+1. The molecule has 0 radical (unpaired) electrons. The molecule has 0 aliphatic heterocycles. The minimum atomic E-state index is -6.89. The Bertz CT molecular complexity index is 442. The highest BCUT2D eigenvalue weighted by molar-refractivity contribution is 7.98. The molecule has 0 spiro atoms. The smallest absolute Gasteiger partial charge is 0.245 e. The average Bonchev–Trinajstić information content (AvgIpc) is 2.51. The maximum atomic E-state index is 13.6. The normalized spacial score (nSPS) is 15.0. The van der Waals surface area contributed by atoms with Gasteiger partial charge in [0, 0.05) is 31.5 Å². The van der Waals surface area contributed by atoms with Crippen molar-refractivity contribution in [3.05, 3.63) is 0 Å². The van der Waals surface area contributed by atoms with Crippen LogP contribution in [0.5, 0.6) is 0 Å². The fourth-order valence-corrected chi connectivity index (χ4v) is 2.85. The third-order valence-electron chi connectivity index (χ3n) is 3.87. The molecule has 13 heteroatoms. The van der Waals surface area contributed by atoms with Gasteiger partial charge in [-0.1, -0.05) is 6.92 Å². The third-order valence-corrected chi connectivity index (χ3v) is 5.06. The Balaban J connectivity index is 5.14. The molecule has 0 unspecified atom stereocenters. The molecule has 158 valence electrons. The lowest BCUT2D eigenvalue weighted by atomic mass is 10.1. The molecule has 0 bridgehead atoms. The minimum Gasteiger partial charge on any atom is -0.245 e. The zero-order valence-corrected chi connectivity index (χ0v) is 15.2. The van der Waals surface area contributed by atoms with Crippen LogP contribution in [0.3, 0.4) is 0 Å². The van der Waals surface area contributed by atoms with Crippen LogP contribution in [-0.2, 0) is 0 Å². The van der Waals surface area contributed by atoms with Crippen LogP contribution in [-0.4, -0.2) is 70.2 Å². The van der Waals surface area contributed by atoms with Crippen molar-refractivity contribution >= 4 is 11.9 Å². The van der Waals surface area contributed by atoms with Gasteiger partial charge in [-0.3, -0.25) is 0 Å². The Hall–Kier alpha value is -0.400. The van der Waals surface area contributed by atoms with Gasteiger partial charge >= 0.3 is 23.3 Å². The number of hydrogen-bond acceptors (Lipinski definition) is 3. The van der Waals surface area contributed by atoms with E-state index < -0.39 is 39.9 Å². The Morgan fingerprint density at radius 2 is 1.31 bits per heavy atom. The quantitative estimate of drug-likeness (QED) is 0.218. The first-order chi connectivity index (χ1) is 11.5. The molecule has 0 aromatic rings. The van der Waals surface area contributed by atoms with Crippen LogP contribution < -0.4 is 0 Å². The molecular weight excluding hydrogens is 403 g/mol. The zero-order chi connectivity index (χ0) is 21.0. The summed E-state index contributed by atoms with van der Waals surface area (Å²) < 4.78 is 116. The fourth-order valence-electron chi connectivity index (χ4n) is 1.93. The maximum Gasteiger partial charge on any atom is 0.460 e. The van der Waals surface area contributed by atoms with Gasteiger partial charge < -0.3 is 0 Å². The lowest BCUT2D eigenvalue weighted by Crippen LogP contribution is -2.60. The van der Waals surface area contributed by atoms with Gasteiger partial charge in [-0.25, -0.2) is 9.51 Å². The minimum absolute atomic E-state index is 0.0380. The van der Waals surface area contributed by atoms with Crippen molar-refractivity contribution in [1.82, 2.24) is 4.31 Å². The summed E-state index contributed by atoms with van der Waals surface area (Å²) in [4.78, 5) is 0. The maximum absolute atomic E-state index is 13.6. The molecule has 0 fully saturated rings. The summed E-state index contributed by atoms with van der Waals surface area (Å²) in [6.45, 7) is 4.61. The van der Waals surface area contributed by atoms with Crippen molar-refractivity contribution < 1.29 is 49.4 Å². The zero-order valence-electron chi connectivity index (χ0n) is 14.4. The van der Waals surface area contributed by atoms with Crippen molar-refractivity contribution in [2.24, 2.45) is 0 Å². The van der Waals surface area contributed by atoms with Crippen LogP contribution in [0.25, 0.3) is 0 Å². The van der Waals surface area contributed by atoms with Gasteiger partial charge in [0.1, 0.15) is 19.6 Å². The van der Waals surface area contributed by atoms with E-state index in [9.17, 15) is 44.7 Å². The summed E-state index contributed by atoms with van der Waals surface area (Å²) in [7, 11) is 0. The SMILES string of the molecule is CCN(CCC[N+](O)(CC)CC)SC(F)(F)C(F)(F)C(F)(F)C(F)(F)F. The van der Waals surface area contributed by atoms with Crippen molar-refractivity contribution in [3.63, 3.8) is 0 Å². The lowest BCUT2D eigenvalue weighted by molar-refractivity contribution is -1.10. The molecule has 26 heavy (non-hydrogen) atoms. The number of rotatable bonds is 11. The predicted octanol–water partition coefficient (Wildman–Crippen LogP) is 5.02. The number of alkyl halides is 9. The van der Waals surface area contributed by atoms with E-state index in [2.05, 4.69) is 0 Å². The molecule has 0 saturated heterocycles. The van der Waals surface area contributed by atoms with Crippen molar-refractivity contribution in [2.45, 2.75) is 50.5 Å². The van der Waals surface area contributed by atoms with Gasteiger partial charge in [0.25, 0.3) is 0 Å². The van der Waals surface area contributed by atoms with E-state index in [0.717, 1.165) is 0 Å². The number of quaternary nitrogens is 1. The highest BCUT2D eigenvalue weighted by Crippen LogP contribution is 2.57. The largest absolute Gasteiger partial charge is 0.460 e. The van der Waals surface area contributed by atoms with E-state index in [1.54, 1.807) is 13.8 Å². The highest BCUT2D eigenvalue weighted by atomic mass is 32.2. The molecule has 0 amide bonds. The first-order valence-corrected chi connectivity index (χ1v) is 8.51. The van der Waals surface area contributed by atoms with Crippen LogP contribution in [0.4, 0.5) is 39.5 Å². The van der Waals surface area contributed by atoms with Crippen molar-refractivity contribution in [1.29, 1.82) is 0 Å². The van der Waals surface area contributed by atoms with Crippen LogP contribution in [0, 0.1) is 0 Å². The molecular formula is C13H22F9N2OS+. The number of nitrogens with zero attached hydrogens (tertiary/aromatic N) is 2. The van der Waals surface area contributed by atoms with Gasteiger partial charge in [0.05, 0.1) is 0 Å². The van der Waals surface area contributed by atoms with Crippen LogP contribution in [0.1, 0.15) is 27.2 Å². The summed E-state index contributed by atoms with van der Waals surface area (Å²) in [5, 5.41) is 4.30. The van der Waals surface area contributed by atoms with E-state index in [4.69, 9.17) is 0 Å². The van der Waals surface area contributed by atoms with Crippen LogP contribution in [0.15, 0.2) is 0 Å². The molecule has 0 saturated carbocycles. The second-order valence-electron chi connectivity index (χ2n) is 5.58. The Labute approximate surface area is 149 Å². The van der Waals surface area contributed by atoms with Gasteiger partial charge in [0.2, 0.25) is 0 Å². The van der Waals surface area contributed by atoms with Gasteiger partial charge in [-0.05, 0) is 13.8 Å². The molecule has 0 aromatic carbocycles. The Morgan fingerprint density at radius 3 is 1.65 bits per heavy atom. The topological polar surface area (TPSA) is 23.5 Å². The second kappa shape index (κ2) is 8.74. The Morgan fingerprint density at radius 1 is 0.846 bits per heavy atom. The summed E-state index contributed by atoms with van der Waals surface area (Å²) >= 11 is -1.06. The first-order valence-electron chi connectivity index (χ1n) is 7.74. The van der Waals surface area contributed by atoms with Gasteiger partial charge in [0.15, 0.2) is 0 Å². The van der Waals surface area contributed by atoms with E-state index >= 15 is 0 Å². The van der Waals surface area contributed by atoms with E-state index in [1.165, 1.54) is 6.92 Å². The molecule has 0 rings (SSSR count). The lowest BCUT2D eigenvalue weighted by Gasteiger charge is -2.35. The molecule has 0 aromatic heterocycles. The van der Waals surface area contributed by atoms with E-state index in [1.807, 2.05) is 0 Å². The number of halogens is 9. The monoisotopic (exact) mass is 425 g/mol. The average molecular weight is 425 g/mol. The molecule has 1 N–H and O–H groups in total. The fraction of sp³-hybridized carbons (Fsp3) is 1.00. The number of hydrogen-bond donors (Lipinski definition) is 1. The van der Waals surface area contributed by atoms with Crippen LogP contribution in [0.2, 0.25) is 0 Å². The van der Waals surface area contributed by atoms with E-state index in [-0.39, 0.29) is 26.1 Å². The first kappa shape index (κ1) is 25.6. The van der Waals surface area contributed by atoms with Crippen molar-refractivity contribution in [2.75, 3.05) is 32.7 Å². The number of hydroxylamine groups is 3. The molecule has 0 heterocycles. The predicted molar refractivity (Wildman–Crippen MR) is 78.3 cm³/mol. The third kappa shape index (κ3) is 5.55. The highest BCUT2D eigenvalue weighted by Gasteiger charge is 2.82. The van der Waals surface area contributed by atoms with Crippen molar-refractivity contribution in [3.8, 4) is 0 Å².